The molecular weight excluding hydrogens is 503 g/mol. The Labute approximate surface area is 138 Å². The van der Waals surface area contributed by atoms with Gasteiger partial charge in [0.25, 0.3) is 27.2 Å². The Morgan fingerprint density at radius 3 is 0.917 bits per heavy atom. The van der Waals surface area contributed by atoms with Crippen LogP contribution in [0.25, 0.3) is 0 Å². The molecule has 0 spiro atoms. The highest BCUT2D eigenvalue weighted by Gasteiger charge is 2.78. The molecule has 1 aromatic rings. The van der Waals surface area contributed by atoms with Crippen LogP contribution >= 0.6 is 59.2 Å². The number of benzene rings is 1. The Balaban J connectivity index is 4.44. The van der Waals surface area contributed by atoms with E-state index in [0.29, 0.717) is 0 Å². The zero-order valence-corrected chi connectivity index (χ0v) is 14.8. The maximum Gasteiger partial charge on any atom is 0.256 e. The Morgan fingerprint density at radius 1 is 0.500 bits per heavy atom. The third-order valence-electron chi connectivity index (χ3n) is 2.16. The van der Waals surface area contributed by atoms with Gasteiger partial charge >= 0.3 is 0 Å². The molecule has 0 aliphatic heterocycles. The van der Waals surface area contributed by atoms with E-state index in [4.69, 9.17) is 0 Å². The van der Waals surface area contributed by atoms with Gasteiger partial charge in [0, 0.05) is 32.0 Å². The highest BCUT2D eigenvalue weighted by molar-refractivity contribution is 8.69. The Bertz CT molecular complexity index is 694. The van der Waals surface area contributed by atoms with Gasteiger partial charge in [-0.15, -0.1) is 46.6 Å². The molecule has 0 amide bonds. The van der Waals surface area contributed by atoms with Gasteiger partial charge in [0.05, 0.1) is 0 Å². The second-order valence-electron chi connectivity index (χ2n) is 4.49. The zero-order chi connectivity index (χ0) is 20.1. The summed E-state index contributed by atoms with van der Waals surface area (Å²) in [4.78, 5) is -12.4. The van der Waals surface area contributed by atoms with E-state index in [1.165, 1.54) is 0 Å². The van der Waals surface area contributed by atoms with Crippen LogP contribution in [0.5, 0.6) is 0 Å². The number of hydrogen-bond acceptors (Lipinski definition) is 0. The van der Waals surface area contributed by atoms with Gasteiger partial charge < -0.3 is 0 Å². The molecule has 0 nitrogen and oxygen atoms in total. The van der Waals surface area contributed by atoms with Crippen molar-refractivity contribution in [3.05, 3.63) is 18.2 Å². The molecule has 18 heteroatoms. The van der Waals surface area contributed by atoms with Crippen molar-refractivity contribution in [2.75, 3.05) is 0 Å². The van der Waals surface area contributed by atoms with E-state index in [2.05, 4.69) is 32.0 Å². The summed E-state index contributed by atoms with van der Waals surface area (Å²) in [5.74, 6) is 0. The average molecular weight is 506 g/mol. The summed E-state index contributed by atoms with van der Waals surface area (Å²) in [5.41, 5.74) is 0. The highest BCUT2D eigenvalue weighted by Crippen LogP contribution is 3.15. The molecule has 0 aromatic heterocycles. The molecule has 0 aliphatic carbocycles. The molecule has 0 unspecified atom stereocenters. The van der Waals surface area contributed by atoms with Crippen LogP contribution < -0.4 is 0 Å². The van der Waals surface area contributed by atoms with Gasteiger partial charge in [0.15, 0.2) is 0 Å². The van der Waals surface area contributed by atoms with Crippen molar-refractivity contribution in [2.45, 2.75) is 14.7 Å². The molecule has 1 rings (SSSR count). The van der Waals surface area contributed by atoms with Crippen molar-refractivity contribution < 1.29 is 46.6 Å². The van der Waals surface area contributed by atoms with E-state index < -0.39 is 60.0 Å². The van der Waals surface area contributed by atoms with Crippen molar-refractivity contribution in [1.82, 2.24) is 0 Å². The van der Waals surface area contributed by atoms with Gasteiger partial charge in [-0.3, -0.25) is 0 Å². The zero-order valence-electron chi connectivity index (χ0n) is 10.1. The first-order chi connectivity index (χ1) is 9.31. The minimum absolute atomic E-state index is 0.490. The average Bonchev–Trinajstić information content (AvgIpc) is 2.05. The maximum atomic E-state index is 13.2. The molecule has 0 N–H and O–H groups in total. The van der Waals surface area contributed by atoms with Gasteiger partial charge in [-0.2, -0.15) is 0 Å². The molecule has 0 saturated carbocycles. The fraction of sp³-hybridized carbons (Fsp3) is 0. The summed E-state index contributed by atoms with van der Waals surface area (Å²) >= 11 is 0. The van der Waals surface area contributed by atoms with E-state index in [9.17, 15) is 46.6 Å². The summed E-state index contributed by atoms with van der Waals surface area (Å²) in [5, 5.41) is 0. The largest absolute Gasteiger partial charge is 0.256 e. The lowest BCUT2D eigenvalue weighted by Crippen LogP contribution is -2.20. The Kier molecular flexibility index (Phi) is 3.29. The molecule has 0 heterocycles. The summed E-state index contributed by atoms with van der Waals surface area (Å²) < 4.78 is 158. The number of rotatable bonds is 3. The van der Waals surface area contributed by atoms with Crippen LogP contribution in [-0.4, -0.2) is 0 Å². The van der Waals surface area contributed by atoms with Crippen LogP contribution in [0.2, 0.25) is 0 Å². The highest BCUT2D eigenvalue weighted by atomic mass is 35.8. The fourth-order valence-electron chi connectivity index (χ4n) is 1.48. The topological polar surface area (TPSA) is 0 Å². The number of halogens is 15. The molecule has 0 saturated heterocycles. The van der Waals surface area contributed by atoms with E-state index >= 15 is 0 Å². The lowest BCUT2D eigenvalue weighted by Gasteiger charge is -2.53. The van der Waals surface area contributed by atoms with Crippen molar-refractivity contribution in [2.24, 2.45) is 0 Å². The van der Waals surface area contributed by atoms with E-state index in [1.54, 1.807) is 0 Å². The summed E-state index contributed by atoms with van der Waals surface area (Å²) in [7, 11) is -21.7. The van der Waals surface area contributed by atoms with Gasteiger partial charge in [-0.05, 0) is 12.1 Å². The SMILES string of the molecule is FS(F)(F)(F)(Cl)c1cccc(S(F)(F)(F)(F)Cl)c1S(F)(F)(F)(F)Cl. The van der Waals surface area contributed by atoms with Crippen LogP contribution in [0.4, 0.5) is 46.6 Å². The van der Waals surface area contributed by atoms with Gasteiger partial charge in [-0.25, -0.2) is 0 Å². The number of hydrogen-bond donors (Lipinski definition) is 0. The van der Waals surface area contributed by atoms with Crippen molar-refractivity contribution in [3.63, 3.8) is 0 Å². The van der Waals surface area contributed by atoms with E-state index in [1.807, 2.05) is 0 Å². The molecule has 24 heavy (non-hydrogen) atoms. The first-order valence-electron chi connectivity index (χ1n) is 4.67. The first kappa shape index (κ1) is 22.3. The summed E-state index contributed by atoms with van der Waals surface area (Å²) in [6, 6.07) is -2.42. The van der Waals surface area contributed by atoms with Gasteiger partial charge in [0.2, 0.25) is 0 Å². The normalized spacial score (nSPS) is 23.1. The van der Waals surface area contributed by atoms with Gasteiger partial charge in [-0.1, -0.05) is 6.07 Å². The molecule has 0 fully saturated rings. The molecule has 0 aliphatic rings. The second-order valence-corrected chi connectivity index (χ2v) is 17.2. The lowest BCUT2D eigenvalue weighted by atomic mass is 10.4. The minimum atomic E-state index is -11.0. The summed E-state index contributed by atoms with van der Waals surface area (Å²) in [6.07, 6.45) is 0. The molecular formula is C6H3Cl3F12S3. The Morgan fingerprint density at radius 2 is 0.750 bits per heavy atom. The first-order valence-corrected chi connectivity index (χ1v) is 13.3. The van der Waals surface area contributed by atoms with Crippen LogP contribution in [0, 0.1) is 0 Å². The third kappa shape index (κ3) is 5.16. The summed E-state index contributed by atoms with van der Waals surface area (Å²) in [6.45, 7) is 0. The van der Waals surface area contributed by atoms with Crippen LogP contribution in [0.15, 0.2) is 32.9 Å². The molecule has 0 atom stereocenters. The fourth-order valence-corrected chi connectivity index (χ4v) is 7.87. The maximum absolute atomic E-state index is 13.2. The Hall–Kier alpha value is 0.300. The standard InChI is InChI=1S/C6H3Cl3F12S3/c7-22(10,11,12,13)4-2-1-3-5(23(8,14,15,16)17)6(4)24(9,18,19,20)21/h1-3H. The smallest absolute Gasteiger partial charge is 0.107 e. The predicted molar refractivity (Wildman–Crippen MR) is 74.9 cm³/mol. The van der Waals surface area contributed by atoms with Crippen molar-refractivity contribution in [1.29, 1.82) is 0 Å². The van der Waals surface area contributed by atoms with Crippen molar-refractivity contribution in [3.8, 4) is 0 Å². The van der Waals surface area contributed by atoms with Crippen LogP contribution in [0.1, 0.15) is 0 Å². The molecule has 0 bridgehead atoms. The second kappa shape index (κ2) is 3.53. The molecule has 0 radical (unpaired) electrons. The van der Waals surface area contributed by atoms with E-state index in [0.717, 1.165) is 0 Å². The lowest BCUT2D eigenvalue weighted by molar-refractivity contribution is 0.433. The molecule has 150 valence electrons. The predicted octanol–water partition coefficient (Wildman–Crippen LogP) is 10.5. The van der Waals surface area contributed by atoms with Crippen molar-refractivity contribution >= 4 is 59.2 Å². The van der Waals surface area contributed by atoms with Gasteiger partial charge in [0.1, 0.15) is 14.7 Å². The third-order valence-corrected chi connectivity index (χ3v) is 7.43. The molecule has 1 aromatic carbocycles. The van der Waals surface area contributed by atoms with E-state index in [-0.39, 0.29) is 0 Å². The van der Waals surface area contributed by atoms with Crippen LogP contribution in [0.3, 0.4) is 0 Å². The monoisotopic (exact) mass is 504 g/mol. The van der Waals surface area contributed by atoms with Crippen LogP contribution in [-0.2, 0) is 0 Å². The quantitative estimate of drug-likeness (QED) is 0.358. The minimum Gasteiger partial charge on any atom is -0.107 e.